The first kappa shape index (κ1) is 9.77. The van der Waals surface area contributed by atoms with Gasteiger partial charge in [-0.2, -0.15) is 0 Å². The summed E-state index contributed by atoms with van der Waals surface area (Å²) in [6, 6.07) is 0. The molecule has 0 spiro atoms. The summed E-state index contributed by atoms with van der Waals surface area (Å²) in [6.45, 7) is 5.92. The Bertz CT molecular complexity index is 267. The number of carbonyl (C=O) groups is 1. The minimum Gasteiger partial charge on any atom is -0.363 e. The average Bonchev–Trinajstić information content (AvgIpc) is 2.55. The Labute approximate surface area is 77.3 Å². The Hall–Kier alpha value is -1.32. The fraction of sp³-hybridized carbons (Fsp3) is 0.556. The van der Waals surface area contributed by atoms with Crippen LogP contribution in [0.4, 0.5) is 5.69 Å². The Kier molecular flexibility index (Phi) is 3.06. The van der Waals surface area contributed by atoms with Gasteiger partial charge in [0, 0.05) is 5.92 Å². The third-order valence-corrected chi connectivity index (χ3v) is 2.11. The van der Waals surface area contributed by atoms with E-state index in [2.05, 4.69) is 15.0 Å². The first-order chi connectivity index (χ1) is 6.11. The van der Waals surface area contributed by atoms with Gasteiger partial charge in [-0.25, -0.2) is 0 Å². The van der Waals surface area contributed by atoms with Gasteiger partial charge in [0.2, 0.25) is 5.91 Å². The van der Waals surface area contributed by atoms with E-state index < -0.39 is 0 Å². The van der Waals surface area contributed by atoms with E-state index in [0.29, 0.717) is 11.6 Å². The summed E-state index contributed by atoms with van der Waals surface area (Å²) in [4.78, 5) is 11.5. The molecule has 13 heavy (non-hydrogen) atoms. The number of anilines is 1. The van der Waals surface area contributed by atoms with Crippen molar-refractivity contribution in [3.63, 3.8) is 0 Å². The van der Waals surface area contributed by atoms with E-state index in [1.54, 1.807) is 0 Å². The molecule has 1 aromatic rings. The van der Waals surface area contributed by atoms with Crippen molar-refractivity contribution < 1.29 is 9.32 Å². The first-order valence-electron chi connectivity index (χ1n) is 4.31. The monoisotopic (exact) mass is 182 g/mol. The Morgan fingerprint density at radius 2 is 2.23 bits per heavy atom. The lowest BCUT2D eigenvalue weighted by Crippen LogP contribution is -2.23. The van der Waals surface area contributed by atoms with Gasteiger partial charge in [0.15, 0.2) is 0 Å². The molecule has 0 aliphatic heterocycles. The second-order valence-electron chi connectivity index (χ2n) is 3.44. The maximum Gasteiger partial charge on any atom is 0.227 e. The fourth-order valence-electron chi connectivity index (χ4n) is 0.825. The molecule has 1 N–H and O–H groups in total. The molecule has 4 nitrogen and oxygen atoms in total. The predicted octanol–water partition coefficient (Wildman–Crippen LogP) is 1.91. The summed E-state index contributed by atoms with van der Waals surface area (Å²) in [7, 11) is 0. The van der Waals surface area contributed by atoms with Crippen LogP contribution in [0.2, 0.25) is 0 Å². The Morgan fingerprint density at radius 1 is 1.54 bits per heavy atom. The van der Waals surface area contributed by atoms with Gasteiger partial charge in [-0.15, -0.1) is 0 Å². The molecule has 1 unspecified atom stereocenters. The van der Waals surface area contributed by atoms with E-state index in [4.69, 9.17) is 0 Å². The third-order valence-electron chi connectivity index (χ3n) is 2.11. The van der Waals surface area contributed by atoms with Gasteiger partial charge >= 0.3 is 0 Å². The topological polar surface area (TPSA) is 55.1 Å². The number of nitrogens with one attached hydrogen (secondary N) is 1. The fourth-order valence-corrected chi connectivity index (χ4v) is 0.825. The molecule has 72 valence electrons. The largest absolute Gasteiger partial charge is 0.363 e. The molecule has 0 aliphatic rings. The van der Waals surface area contributed by atoms with E-state index in [9.17, 15) is 4.79 Å². The molecule has 0 aliphatic carbocycles. The zero-order chi connectivity index (χ0) is 9.84. The lowest BCUT2D eigenvalue weighted by Gasteiger charge is -2.13. The summed E-state index contributed by atoms with van der Waals surface area (Å²) in [5.74, 6) is 0.327. The molecule has 0 aromatic carbocycles. The molecule has 0 fully saturated rings. The van der Waals surface area contributed by atoms with Gasteiger partial charge in [0.05, 0.1) is 6.20 Å². The Balaban J connectivity index is 2.51. The lowest BCUT2D eigenvalue weighted by molar-refractivity contribution is -0.120. The van der Waals surface area contributed by atoms with Crippen molar-refractivity contribution in [1.29, 1.82) is 0 Å². The molecule has 0 saturated heterocycles. The number of hydrogen-bond acceptors (Lipinski definition) is 3. The molecular formula is C9H14N2O2. The van der Waals surface area contributed by atoms with Crippen molar-refractivity contribution in [2.75, 3.05) is 5.32 Å². The van der Waals surface area contributed by atoms with Crippen LogP contribution in [0.3, 0.4) is 0 Å². The maximum absolute atomic E-state index is 11.5. The van der Waals surface area contributed by atoms with Crippen LogP contribution in [0.1, 0.15) is 20.8 Å². The van der Waals surface area contributed by atoms with Crippen molar-refractivity contribution in [1.82, 2.24) is 5.16 Å². The SMILES string of the molecule is CC(C)C(C)C(=O)Nc1cnoc1. The highest BCUT2D eigenvalue weighted by molar-refractivity contribution is 5.92. The van der Waals surface area contributed by atoms with Crippen LogP contribution in [-0.4, -0.2) is 11.1 Å². The smallest absolute Gasteiger partial charge is 0.227 e. The van der Waals surface area contributed by atoms with Crippen LogP contribution in [0, 0.1) is 11.8 Å². The molecule has 1 amide bonds. The molecule has 0 radical (unpaired) electrons. The molecule has 1 aromatic heterocycles. The van der Waals surface area contributed by atoms with E-state index in [1.165, 1.54) is 12.5 Å². The second kappa shape index (κ2) is 4.07. The van der Waals surface area contributed by atoms with Crippen molar-refractivity contribution in [3.8, 4) is 0 Å². The van der Waals surface area contributed by atoms with Crippen molar-refractivity contribution in [3.05, 3.63) is 12.5 Å². The quantitative estimate of drug-likeness (QED) is 0.776. The van der Waals surface area contributed by atoms with Crippen LogP contribution in [0.5, 0.6) is 0 Å². The van der Waals surface area contributed by atoms with Crippen LogP contribution < -0.4 is 5.32 Å². The summed E-state index contributed by atoms with van der Waals surface area (Å²) in [5.41, 5.74) is 0.609. The highest BCUT2D eigenvalue weighted by Gasteiger charge is 2.16. The molecule has 1 atom stereocenters. The zero-order valence-electron chi connectivity index (χ0n) is 8.07. The normalized spacial score (nSPS) is 12.9. The van der Waals surface area contributed by atoms with Gasteiger partial charge in [-0.05, 0) is 5.92 Å². The minimum absolute atomic E-state index is 0.00167. The second-order valence-corrected chi connectivity index (χ2v) is 3.44. The van der Waals surface area contributed by atoms with Gasteiger partial charge in [-0.3, -0.25) is 4.79 Å². The molecule has 0 saturated carbocycles. The van der Waals surface area contributed by atoms with E-state index >= 15 is 0 Å². The summed E-state index contributed by atoms with van der Waals surface area (Å²) < 4.78 is 4.59. The summed E-state index contributed by atoms with van der Waals surface area (Å²) >= 11 is 0. The minimum atomic E-state index is -0.00472. The van der Waals surface area contributed by atoms with Crippen molar-refractivity contribution in [2.24, 2.45) is 11.8 Å². The number of carbonyl (C=O) groups excluding carboxylic acids is 1. The van der Waals surface area contributed by atoms with E-state index in [0.717, 1.165) is 0 Å². The van der Waals surface area contributed by atoms with Crippen molar-refractivity contribution >= 4 is 11.6 Å². The first-order valence-corrected chi connectivity index (χ1v) is 4.31. The highest BCUT2D eigenvalue weighted by atomic mass is 16.5. The highest BCUT2D eigenvalue weighted by Crippen LogP contribution is 2.13. The van der Waals surface area contributed by atoms with E-state index in [-0.39, 0.29) is 11.8 Å². The van der Waals surface area contributed by atoms with E-state index in [1.807, 2.05) is 20.8 Å². The van der Waals surface area contributed by atoms with Crippen LogP contribution >= 0.6 is 0 Å². The molecular weight excluding hydrogens is 168 g/mol. The number of amides is 1. The average molecular weight is 182 g/mol. The maximum atomic E-state index is 11.5. The Morgan fingerprint density at radius 3 is 2.69 bits per heavy atom. The van der Waals surface area contributed by atoms with Gasteiger partial charge in [-0.1, -0.05) is 25.9 Å². The van der Waals surface area contributed by atoms with Gasteiger partial charge in [0.25, 0.3) is 0 Å². The molecule has 4 heteroatoms. The third kappa shape index (κ3) is 2.57. The predicted molar refractivity (Wildman–Crippen MR) is 49.1 cm³/mol. The van der Waals surface area contributed by atoms with Crippen LogP contribution in [0.25, 0.3) is 0 Å². The summed E-state index contributed by atoms with van der Waals surface area (Å²) in [5, 5.41) is 6.20. The summed E-state index contributed by atoms with van der Waals surface area (Å²) in [6.07, 6.45) is 2.88. The number of aromatic nitrogens is 1. The zero-order valence-corrected chi connectivity index (χ0v) is 8.07. The molecule has 1 heterocycles. The lowest BCUT2D eigenvalue weighted by atomic mass is 9.97. The molecule has 0 bridgehead atoms. The number of hydrogen-bond donors (Lipinski definition) is 1. The standard InChI is InChI=1S/C9H14N2O2/c1-6(2)7(3)9(12)11-8-4-10-13-5-8/h4-7H,1-3H3,(H,11,12). The van der Waals surface area contributed by atoms with Gasteiger partial charge < -0.3 is 9.84 Å². The molecule has 1 rings (SSSR count). The number of nitrogens with zero attached hydrogens (tertiary/aromatic N) is 1. The number of rotatable bonds is 3. The van der Waals surface area contributed by atoms with Gasteiger partial charge in [0.1, 0.15) is 12.0 Å². The van der Waals surface area contributed by atoms with Crippen LogP contribution in [-0.2, 0) is 4.79 Å². The van der Waals surface area contributed by atoms with Crippen LogP contribution in [0.15, 0.2) is 17.0 Å². The van der Waals surface area contributed by atoms with Crippen molar-refractivity contribution in [2.45, 2.75) is 20.8 Å².